The van der Waals surface area contributed by atoms with E-state index in [2.05, 4.69) is 10.0 Å². The molecule has 1 aliphatic rings. The highest BCUT2D eigenvalue weighted by Crippen LogP contribution is 2.20. The number of carbonyl (C=O) groups is 1. The molecule has 0 radical (unpaired) electrons. The number of amides is 1. The van der Waals surface area contributed by atoms with Crippen LogP contribution in [0.4, 0.5) is 5.69 Å². The second-order valence-electron chi connectivity index (χ2n) is 5.34. The molecule has 4 N–H and O–H groups in total. The lowest BCUT2D eigenvalue weighted by molar-refractivity contribution is -0.126. The van der Waals surface area contributed by atoms with Gasteiger partial charge in [0, 0.05) is 18.8 Å². The van der Waals surface area contributed by atoms with Gasteiger partial charge in [-0.05, 0) is 30.5 Å². The van der Waals surface area contributed by atoms with Crippen LogP contribution < -0.4 is 15.8 Å². The predicted octanol–water partition coefficient (Wildman–Crippen LogP) is 0.181. The van der Waals surface area contributed by atoms with Crippen molar-refractivity contribution in [2.75, 3.05) is 18.1 Å². The van der Waals surface area contributed by atoms with Crippen LogP contribution in [0.3, 0.4) is 0 Å². The Kier molecular flexibility index (Phi) is 5.52. The van der Waals surface area contributed by atoms with Gasteiger partial charge in [-0.1, -0.05) is 12.1 Å². The van der Waals surface area contributed by atoms with Gasteiger partial charge >= 0.3 is 0 Å². The van der Waals surface area contributed by atoms with Gasteiger partial charge in [-0.2, -0.15) is 0 Å². The molecule has 2 atom stereocenters. The molecule has 0 saturated carbocycles. The average Bonchev–Trinajstić information content (AvgIpc) is 2.95. The summed E-state index contributed by atoms with van der Waals surface area (Å²) in [5.74, 6) is -0.182. The molecule has 1 aliphatic heterocycles. The monoisotopic (exact) mass is 327 g/mol. The van der Waals surface area contributed by atoms with E-state index in [9.17, 15) is 13.2 Å². The van der Waals surface area contributed by atoms with E-state index in [-0.39, 0.29) is 18.6 Å². The Morgan fingerprint density at radius 3 is 2.55 bits per heavy atom. The topological polar surface area (TPSA) is 111 Å². The number of benzene rings is 1. The zero-order valence-corrected chi connectivity index (χ0v) is 13.2. The van der Waals surface area contributed by atoms with E-state index in [4.69, 9.17) is 10.5 Å². The molecule has 22 heavy (non-hydrogen) atoms. The second-order valence-corrected chi connectivity index (χ2v) is 7.17. The van der Waals surface area contributed by atoms with E-state index < -0.39 is 16.1 Å². The highest BCUT2D eigenvalue weighted by molar-refractivity contribution is 7.88. The van der Waals surface area contributed by atoms with Gasteiger partial charge in [0.05, 0.1) is 12.4 Å². The zero-order chi connectivity index (χ0) is 16.2. The van der Waals surface area contributed by atoms with Crippen molar-refractivity contribution in [1.82, 2.24) is 4.72 Å². The first-order valence-corrected chi connectivity index (χ1v) is 8.96. The molecule has 8 heteroatoms. The van der Waals surface area contributed by atoms with Gasteiger partial charge in [-0.25, -0.2) is 13.1 Å². The maximum absolute atomic E-state index is 12.0. The van der Waals surface area contributed by atoms with Gasteiger partial charge in [-0.3, -0.25) is 4.79 Å². The minimum absolute atomic E-state index is 0.0415. The first-order chi connectivity index (χ1) is 10.4. The van der Waals surface area contributed by atoms with Crippen molar-refractivity contribution >= 4 is 21.6 Å². The summed E-state index contributed by atoms with van der Waals surface area (Å²) in [7, 11) is -3.22. The molecule has 0 bridgehead atoms. The number of hydrogen-bond acceptors (Lipinski definition) is 5. The molecule has 1 fully saturated rings. The van der Waals surface area contributed by atoms with Gasteiger partial charge in [-0.15, -0.1) is 0 Å². The molecule has 0 aromatic heterocycles. The number of carbonyl (C=O) groups excluding carboxylic acids is 1. The van der Waals surface area contributed by atoms with E-state index >= 15 is 0 Å². The number of hydrogen-bond donors (Lipinski definition) is 3. The SMILES string of the molecule is CS(=O)(=O)NCc1ccc(NC(=O)[C@@H]2CC[C@H](CN)O2)cc1. The third-order valence-electron chi connectivity index (χ3n) is 3.42. The smallest absolute Gasteiger partial charge is 0.253 e. The average molecular weight is 327 g/mol. The van der Waals surface area contributed by atoms with Crippen LogP contribution in [0.2, 0.25) is 0 Å². The van der Waals surface area contributed by atoms with Gasteiger partial charge in [0.1, 0.15) is 6.10 Å². The van der Waals surface area contributed by atoms with Crippen LogP contribution in [0, 0.1) is 0 Å². The minimum Gasteiger partial charge on any atom is -0.364 e. The molecule has 0 spiro atoms. The molecule has 122 valence electrons. The lowest BCUT2D eigenvalue weighted by Crippen LogP contribution is -2.29. The lowest BCUT2D eigenvalue weighted by atomic mass is 10.1. The number of sulfonamides is 1. The standard InChI is InChI=1S/C14H21N3O4S/c1-22(19,20)16-9-10-2-4-11(5-3-10)17-14(18)13-7-6-12(8-15)21-13/h2-5,12-13,16H,6-9,15H2,1H3,(H,17,18)/t12-,13+/m1/s1. The van der Waals surface area contributed by atoms with Gasteiger partial charge in [0.2, 0.25) is 10.0 Å². The number of anilines is 1. The Morgan fingerprint density at radius 1 is 1.32 bits per heavy atom. The Hall–Kier alpha value is -1.48. The summed E-state index contributed by atoms with van der Waals surface area (Å²) in [5.41, 5.74) is 6.97. The molecule has 0 unspecified atom stereocenters. The summed E-state index contributed by atoms with van der Waals surface area (Å²) in [6, 6.07) is 6.97. The summed E-state index contributed by atoms with van der Waals surface area (Å²) < 4.78 is 30.0. The zero-order valence-electron chi connectivity index (χ0n) is 12.4. The number of ether oxygens (including phenoxy) is 1. The number of nitrogens with two attached hydrogens (primary N) is 1. The number of nitrogens with one attached hydrogen (secondary N) is 2. The Morgan fingerprint density at radius 2 is 2.00 bits per heavy atom. The molecule has 1 heterocycles. The van der Waals surface area contributed by atoms with Crippen LogP contribution in [0.25, 0.3) is 0 Å². The fourth-order valence-corrected chi connectivity index (χ4v) is 2.64. The minimum atomic E-state index is -3.22. The largest absolute Gasteiger partial charge is 0.364 e. The fourth-order valence-electron chi connectivity index (χ4n) is 2.22. The highest BCUT2D eigenvalue weighted by atomic mass is 32.2. The first-order valence-electron chi connectivity index (χ1n) is 7.07. The van der Waals surface area contributed by atoms with Crippen molar-refractivity contribution in [3.8, 4) is 0 Å². The van der Waals surface area contributed by atoms with Crippen LogP contribution in [-0.2, 0) is 26.1 Å². The Bertz CT molecular complexity index is 615. The summed E-state index contributed by atoms with van der Waals surface area (Å²) in [4.78, 5) is 12.0. The lowest BCUT2D eigenvalue weighted by Gasteiger charge is -2.13. The quantitative estimate of drug-likeness (QED) is 0.690. The molecule has 1 amide bonds. The molecule has 2 rings (SSSR count). The van der Waals surface area contributed by atoms with Gasteiger partial charge in [0.25, 0.3) is 5.91 Å². The van der Waals surface area contributed by atoms with E-state index in [0.717, 1.165) is 18.2 Å². The third kappa shape index (κ3) is 5.06. The van der Waals surface area contributed by atoms with Gasteiger partial charge < -0.3 is 15.8 Å². The first kappa shape index (κ1) is 16.9. The van der Waals surface area contributed by atoms with E-state index in [1.807, 2.05) is 0 Å². The highest BCUT2D eigenvalue weighted by Gasteiger charge is 2.29. The normalized spacial score (nSPS) is 21.7. The molecule has 1 aromatic rings. The fraction of sp³-hybridized carbons (Fsp3) is 0.500. The van der Waals surface area contributed by atoms with Crippen LogP contribution in [-0.4, -0.2) is 39.3 Å². The van der Waals surface area contributed by atoms with Crippen molar-refractivity contribution in [3.05, 3.63) is 29.8 Å². The Labute approximate surface area is 130 Å². The van der Waals surface area contributed by atoms with Gasteiger partial charge in [0.15, 0.2) is 0 Å². The summed E-state index contributed by atoms with van der Waals surface area (Å²) in [6.07, 6.45) is 2.08. The van der Waals surface area contributed by atoms with Crippen LogP contribution in [0.1, 0.15) is 18.4 Å². The van der Waals surface area contributed by atoms with Crippen LogP contribution in [0.5, 0.6) is 0 Å². The summed E-state index contributed by atoms with van der Waals surface area (Å²) in [5, 5.41) is 2.78. The molecular weight excluding hydrogens is 306 g/mol. The molecular formula is C14H21N3O4S. The third-order valence-corrected chi connectivity index (χ3v) is 4.09. The summed E-state index contributed by atoms with van der Waals surface area (Å²) in [6.45, 7) is 0.642. The van der Waals surface area contributed by atoms with E-state index in [1.165, 1.54) is 0 Å². The molecule has 1 aromatic carbocycles. The second kappa shape index (κ2) is 7.19. The Balaban J connectivity index is 1.87. The van der Waals surface area contributed by atoms with E-state index in [0.29, 0.717) is 18.7 Å². The maximum Gasteiger partial charge on any atom is 0.253 e. The van der Waals surface area contributed by atoms with Crippen molar-refractivity contribution in [2.45, 2.75) is 31.6 Å². The molecule has 1 saturated heterocycles. The van der Waals surface area contributed by atoms with Crippen molar-refractivity contribution in [3.63, 3.8) is 0 Å². The van der Waals surface area contributed by atoms with E-state index in [1.54, 1.807) is 24.3 Å². The van der Waals surface area contributed by atoms with Crippen LogP contribution in [0.15, 0.2) is 24.3 Å². The number of rotatable bonds is 6. The van der Waals surface area contributed by atoms with Crippen molar-refractivity contribution in [1.29, 1.82) is 0 Å². The van der Waals surface area contributed by atoms with Crippen molar-refractivity contribution < 1.29 is 17.9 Å². The molecule has 0 aliphatic carbocycles. The predicted molar refractivity (Wildman–Crippen MR) is 83.7 cm³/mol. The molecule has 7 nitrogen and oxygen atoms in total. The van der Waals surface area contributed by atoms with Crippen molar-refractivity contribution in [2.24, 2.45) is 5.73 Å². The maximum atomic E-state index is 12.0. The van der Waals surface area contributed by atoms with Crippen LogP contribution >= 0.6 is 0 Å². The summed E-state index contributed by atoms with van der Waals surface area (Å²) >= 11 is 0.